The van der Waals surface area contributed by atoms with Crippen molar-refractivity contribution in [1.82, 2.24) is 0 Å². The van der Waals surface area contributed by atoms with Gasteiger partial charge in [0.25, 0.3) is 0 Å². The van der Waals surface area contributed by atoms with Gasteiger partial charge >= 0.3 is 0 Å². The molecule has 20 heavy (non-hydrogen) atoms. The summed E-state index contributed by atoms with van der Waals surface area (Å²) in [5.74, 6) is -0.706. The molecule has 5 nitrogen and oxygen atoms in total. The predicted octanol–water partition coefficient (Wildman–Crippen LogP) is 2.59. The minimum Gasteiger partial charge on any atom is -0.324 e. The zero-order chi connectivity index (χ0) is 14.9. The number of carbonyl (C=O) groups is 3. The van der Waals surface area contributed by atoms with Crippen LogP contribution >= 0.6 is 0 Å². The lowest BCUT2D eigenvalue weighted by molar-refractivity contribution is -0.123. The van der Waals surface area contributed by atoms with E-state index < -0.39 is 5.41 Å². The van der Waals surface area contributed by atoms with E-state index in [0.29, 0.717) is 16.9 Å². The maximum Gasteiger partial charge on any atom is 0.233 e. The molecule has 0 fully saturated rings. The van der Waals surface area contributed by atoms with E-state index in [0.717, 1.165) is 6.42 Å². The van der Waals surface area contributed by atoms with E-state index in [-0.39, 0.29) is 24.0 Å². The minimum atomic E-state index is -0.452. The molecule has 1 heterocycles. The number of ketones is 1. The van der Waals surface area contributed by atoms with Crippen LogP contribution in [0.2, 0.25) is 0 Å². The number of Topliss-reactive ketones (excluding diaryl/α,β-unsaturated/α-hetero) is 1. The fraction of sp³-hybridized carbons (Fsp3) is 0.400. The summed E-state index contributed by atoms with van der Waals surface area (Å²) in [5.41, 5.74) is 1.07. The molecule has 0 saturated carbocycles. The molecule has 0 spiro atoms. The molecule has 0 saturated heterocycles. The second kappa shape index (κ2) is 5.07. The number of benzene rings is 1. The number of anilines is 2. The highest BCUT2D eigenvalue weighted by atomic mass is 16.2. The number of nitrogens with one attached hydrogen (secondary N) is 2. The summed E-state index contributed by atoms with van der Waals surface area (Å²) < 4.78 is 0. The summed E-state index contributed by atoms with van der Waals surface area (Å²) >= 11 is 0. The van der Waals surface area contributed by atoms with Crippen molar-refractivity contribution in [1.29, 1.82) is 0 Å². The van der Waals surface area contributed by atoms with Gasteiger partial charge in [-0.1, -0.05) is 20.8 Å². The molecule has 0 radical (unpaired) electrons. The molecule has 106 valence electrons. The van der Waals surface area contributed by atoms with E-state index >= 15 is 0 Å². The third-order valence-corrected chi connectivity index (χ3v) is 3.65. The monoisotopic (exact) mass is 274 g/mol. The first-order valence-electron chi connectivity index (χ1n) is 6.62. The standard InChI is InChI=1S/C15H18N2O3/c1-4-15(2,3)14(20)9-5-6-10-11(7-9)17-13(19)8-12(18)16-10/h5-7H,4,8H2,1-3H3,(H,16,18)(H,17,19). The molecular weight excluding hydrogens is 256 g/mol. The zero-order valence-electron chi connectivity index (χ0n) is 11.9. The maximum absolute atomic E-state index is 12.4. The Balaban J connectivity index is 2.39. The maximum atomic E-state index is 12.4. The minimum absolute atomic E-state index is 0.0209. The van der Waals surface area contributed by atoms with E-state index in [4.69, 9.17) is 0 Å². The lowest BCUT2D eigenvalue weighted by atomic mass is 9.82. The van der Waals surface area contributed by atoms with Crippen molar-refractivity contribution >= 4 is 29.0 Å². The quantitative estimate of drug-likeness (QED) is 0.657. The van der Waals surface area contributed by atoms with Crippen LogP contribution < -0.4 is 10.6 Å². The first-order valence-corrected chi connectivity index (χ1v) is 6.62. The first kappa shape index (κ1) is 14.2. The van der Waals surface area contributed by atoms with Gasteiger partial charge in [-0.3, -0.25) is 14.4 Å². The molecule has 1 aromatic rings. The van der Waals surface area contributed by atoms with E-state index in [1.165, 1.54) is 0 Å². The summed E-state index contributed by atoms with van der Waals surface area (Å²) in [6, 6.07) is 4.95. The number of hydrogen-bond donors (Lipinski definition) is 2. The Morgan fingerprint density at radius 2 is 1.75 bits per heavy atom. The van der Waals surface area contributed by atoms with Crippen molar-refractivity contribution in [2.24, 2.45) is 5.41 Å². The van der Waals surface area contributed by atoms with Gasteiger partial charge < -0.3 is 10.6 Å². The second-order valence-corrected chi connectivity index (χ2v) is 5.60. The van der Waals surface area contributed by atoms with Gasteiger partial charge in [-0.15, -0.1) is 0 Å². The van der Waals surface area contributed by atoms with Crippen LogP contribution in [-0.4, -0.2) is 17.6 Å². The largest absolute Gasteiger partial charge is 0.324 e. The van der Waals surface area contributed by atoms with Crippen LogP contribution in [0.3, 0.4) is 0 Å². The number of amides is 2. The van der Waals surface area contributed by atoms with Crippen molar-refractivity contribution < 1.29 is 14.4 Å². The van der Waals surface area contributed by atoms with E-state index in [9.17, 15) is 14.4 Å². The fourth-order valence-corrected chi connectivity index (χ4v) is 1.98. The van der Waals surface area contributed by atoms with Gasteiger partial charge in [0.05, 0.1) is 11.4 Å². The first-order chi connectivity index (χ1) is 9.33. The molecule has 0 aromatic heterocycles. The van der Waals surface area contributed by atoms with Crippen molar-refractivity contribution in [3.8, 4) is 0 Å². The molecule has 0 bridgehead atoms. The van der Waals surface area contributed by atoms with Crippen LogP contribution in [0.4, 0.5) is 11.4 Å². The van der Waals surface area contributed by atoms with Crippen LogP contribution in [-0.2, 0) is 9.59 Å². The van der Waals surface area contributed by atoms with Crippen molar-refractivity contribution in [3.63, 3.8) is 0 Å². The molecule has 1 aliphatic heterocycles. The smallest absolute Gasteiger partial charge is 0.233 e. The topological polar surface area (TPSA) is 75.3 Å². The number of carbonyl (C=O) groups excluding carboxylic acids is 3. The molecule has 2 rings (SSSR count). The van der Waals surface area contributed by atoms with Crippen LogP contribution in [0.15, 0.2) is 18.2 Å². The second-order valence-electron chi connectivity index (χ2n) is 5.60. The molecular formula is C15H18N2O3. The van der Waals surface area contributed by atoms with E-state index in [1.54, 1.807) is 18.2 Å². The summed E-state index contributed by atoms with van der Waals surface area (Å²) in [5, 5.41) is 5.28. The Bertz CT molecular complexity index is 591. The lowest BCUT2D eigenvalue weighted by Crippen LogP contribution is -2.23. The Morgan fingerprint density at radius 1 is 1.15 bits per heavy atom. The van der Waals surface area contributed by atoms with Gasteiger partial charge in [0, 0.05) is 11.0 Å². The Morgan fingerprint density at radius 3 is 2.35 bits per heavy atom. The number of fused-ring (bicyclic) bond motifs is 1. The normalized spacial score (nSPS) is 14.9. The molecule has 5 heteroatoms. The third kappa shape index (κ3) is 2.71. The molecule has 0 aliphatic carbocycles. The summed E-state index contributed by atoms with van der Waals surface area (Å²) in [6.07, 6.45) is 0.518. The summed E-state index contributed by atoms with van der Waals surface area (Å²) in [6.45, 7) is 5.74. The fourth-order valence-electron chi connectivity index (χ4n) is 1.98. The van der Waals surface area contributed by atoms with Gasteiger partial charge in [-0.2, -0.15) is 0 Å². The van der Waals surface area contributed by atoms with Crippen molar-refractivity contribution in [3.05, 3.63) is 23.8 Å². The van der Waals surface area contributed by atoms with Gasteiger partial charge in [0.1, 0.15) is 6.42 Å². The van der Waals surface area contributed by atoms with Crippen molar-refractivity contribution in [2.75, 3.05) is 10.6 Å². The molecule has 0 atom stereocenters. The van der Waals surface area contributed by atoms with E-state index in [1.807, 2.05) is 20.8 Å². The molecule has 2 amide bonds. The lowest BCUT2D eigenvalue weighted by Gasteiger charge is -2.21. The Hall–Kier alpha value is -2.17. The van der Waals surface area contributed by atoms with Crippen LogP contribution in [0.1, 0.15) is 44.0 Å². The number of hydrogen-bond acceptors (Lipinski definition) is 3. The highest BCUT2D eigenvalue weighted by Gasteiger charge is 2.27. The van der Waals surface area contributed by atoms with Crippen LogP contribution in [0.5, 0.6) is 0 Å². The van der Waals surface area contributed by atoms with Gasteiger partial charge in [0.15, 0.2) is 5.78 Å². The van der Waals surface area contributed by atoms with Gasteiger partial charge in [0.2, 0.25) is 11.8 Å². The highest BCUT2D eigenvalue weighted by Crippen LogP contribution is 2.30. The third-order valence-electron chi connectivity index (χ3n) is 3.65. The average Bonchev–Trinajstić information content (AvgIpc) is 2.53. The Labute approximate surface area is 117 Å². The summed E-state index contributed by atoms with van der Waals surface area (Å²) in [4.78, 5) is 35.4. The summed E-state index contributed by atoms with van der Waals surface area (Å²) in [7, 11) is 0. The van der Waals surface area contributed by atoms with E-state index in [2.05, 4.69) is 10.6 Å². The molecule has 1 aliphatic rings. The zero-order valence-corrected chi connectivity index (χ0v) is 11.9. The van der Waals surface area contributed by atoms with Crippen LogP contribution in [0.25, 0.3) is 0 Å². The molecule has 1 aromatic carbocycles. The average molecular weight is 274 g/mol. The van der Waals surface area contributed by atoms with Gasteiger partial charge in [-0.05, 0) is 24.6 Å². The molecule has 2 N–H and O–H groups in total. The predicted molar refractivity (Wildman–Crippen MR) is 76.7 cm³/mol. The number of rotatable bonds is 3. The van der Waals surface area contributed by atoms with Gasteiger partial charge in [-0.25, -0.2) is 0 Å². The SMILES string of the molecule is CCC(C)(C)C(=O)c1ccc2c(c1)NC(=O)CC(=O)N2. The van der Waals surface area contributed by atoms with Crippen LogP contribution in [0, 0.1) is 5.41 Å². The van der Waals surface area contributed by atoms with Crippen molar-refractivity contribution in [2.45, 2.75) is 33.6 Å². The Kier molecular flexibility index (Phi) is 3.61. The highest BCUT2D eigenvalue weighted by molar-refractivity contribution is 6.14. The molecule has 0 unspecified atom stereocenters.